The molecule has 5 rings (SSSR count). The van der Waals surface area contributed by atoms with Crippen molar-refractivity contribution in [2.45, 2.75) is 142 Å². The maximum atomic E-state index is 13.7. The second kappa shape index (κ2) is 12.1. The topological polar surface area (TPSA) is 157 Å². The zero-order valence-electron chi connectivity index (χ0n) is 28.2. The van der Waals surface area contributed by atoms with E-state index in [0.717, 1.165) is 31.3 Å². The van der Waals surface area contributed by atoms with Gasteiger partial charge in [0.25, 0.3) is 0 Å². The van der Waals surface area contributed by atoms with E-state index in [2.05, 4.69) is 32.9 Å². The molecule has 1 saturated heterocycles. The summed E-state index contributed by atoms with van der Waals surface area (Å²) in [4.78, 5) is 13.7. The molecule has 5 aliphatic rings. The van der Waals surface area contributed by atoms with E-state index in [1.807, 2.05) is 19.9 Å². The Morgan fingerprint density at radius 2 is 1.73 bits per heavy atom. The number of aldehydes is 1. The highest BCUT2D eigenvalue weighted by Crippen LogP contribution is 2.74. The molecule has 0 bridgehead atoms. The van der Waals surface area contributed by atoms with E-state index in [1.165, 1.54) is 6.29 Å². The molecule has 0 unspecified atom stereocenters. The molecule has 4 aliphatic carbocycles. The molecule has 0 spiro atoms. The van der Waals surface area contributed by atoms with Crippen molar-refractivity contribution in [2.75, 3.05) is 6.61 Å². The van der Waals surface area contributed by atoms with E-state index in [0.29, 0.717) is 31.1 Å². The van der Waals surface area contributed by atoms with E-state index >= 15 is 0 Å². The fourth-order valence-electron chi connectivity index (χ4n) is 10.3. The molecule has 9 heteroatoms. The zero-order valence-corrected chi connectivity index (χ0v) is 28.2. The van der Waals surface area contributed by atoms with Crippen LogP contribution in [0, 0.1) is 45.3 Å². The number of hydrogen-bond donors (Lipinski definition) is 6. The Morgan fingerprint density at radius 1 is 1.04 bits per heavy atom. The number of allylic oxidation sites excluding steroid dienone is 1. The van der Waals surface area contributed by atoms with Gasteiger partial charge in [0.1, 0.15) is 30.7 Å². The first-order valence-corrected chi connectivity index (χ1v) is 17.1. The van der Waals surface area contributed by atoms with E-state index in [9.17, 15) is 35.4 Å². The summed E-state index contributed by atoms with van der Waals surface area (Å²) < 4.78 is 12.5. The summed E-state index contributed by atoms with van der Waals surface area (Å²) in [6, 6.07) is 0. The number of carbonyl (C=O) groups excluding carboxylic acids is 1. The van der Waals surface area contributed by atoms with Gasteiger partial charge < -0.3 is 44.9 Å². The number of rotatable bonds is 8. The molecule has 256 valence electrons. The van der Waals surface area contributed by atoms with Crippen LogP contribution in [-0.2, 0) is 14.3 Å². The summed E-state index contributed by atoms with van der Waals surface area (Å²) in [7, 11) is 0. The van der Waals surface area contributed by atoms with E-state index < -0.39 is 66.0 Å². The quantitative estimate of drug-likeness (QED) is 0.174. The molecule has 45 heavy (non-hydrogen) atoms. The first kappa shape index (κ1) is 35.1. The fraction of sp³-hybridized carbons (Fsp3) is 0.861. The smallest absolute Gasteiger partial charge is 0.187 e. The van der Waals surface area contributed by atoms with E-state index in [4.69, 9.17) is 9.47 Å². The highest BCUT2D eigenvalue weighted by molar-refractivity contribution is 5.65. The van der Waals surface area contributed by atoms with E-state index in [-0.39, 0.29) is 22.7 Å². The van der Waals surface area contributed by atoms with Gasteiger partial charge >= 0.3 is 0 Å². The molecule has 1 heterocycles. The van der Waals surface area contributed by atoms with E-state index in [1.54, 1.807) is 13.8 Å². The van der Waals surface area contributed by atoms with Crippen molar-refractivity contribution in [2.24, 2.45) is 45.3 Å². The van der Waals surface area contributed by atoms with Gasteiger partial charge in [0.15, 0.2) is 6.29 Å². The van der Waals surface area contributed by atoms with Gasteiger partial charge in [-0.25, -0.2) is 0 Å². The van der Waals surface area contributed by atoms with Crippen molar-refractivity contribution in [3.8, 4) is 0 Å². The lowest BCUT2D eigenvalue weighted by Gasteiger charge is -2.65. The molecular formula is C36H58O9. The fourth-order valence-corrected chi connectivity index (χ4v) is 10.3. The third-order valence-corrected chi connectivity index (χ3v) is 13.4. The molecule has 6 N–H and O–H groups in total. The van der Waals surface area contributed by atoms with Crippen LogP contribution >= 0.6 is 0 Å². The number of aliphatic hydroxyl groups is 6. The van der Waals surface area contributed by atoms with Crippen LogP contribution in [0.2, 0.25) is 0 Å². The predicted molar refractivity (Wildman–Crippen MR) is 169 cm³/mol. The van der Waals surface area contributed by atoms with Crippen LogP contribution in [0.5, 0.6) is 0 Å². The molecule has 14 atom stereocenters. The van der Waals surface area contributed by atoms with Crippen LogP contribution in [0.25, 0.3) is 0 Å². The average Bonchev–Trinajstić information content (AvgIpc) is 3.25. The summed E-state index contributed by atoms with van der Waals surface area (Å²) in [5.41, 5.74) is -1.64. The highest BCUT2D eigenvalue weighted by atomic mass is 16.7. The summed E-state index contributed by atoms with van der Waals surface area (Å²) in [6.45, 7) is 13.9. The molecule has 9 nitrogen and oxygen atoms in total. The van der Waals surface area contributed by atoms with Crippen molar-refractivity contribution in [1.82, 2.24) is 0 Å². The number of carbonyl (C=O) groups is 1. The third-order valence-electron chi connectivity index (χ3n) is 13.4. The van der Waals surface area contributed by atoms with Gasteiger partial charge in [0.2, 0.25) is 0 Å². The molecule has 0 aromatic carbocycles. The van der Waals surface area contributed by atoms with Gasteiger partial charge in [0, 0.05) is 16.7 Å². The Hall–Kier alpha value is -1.17. The normalized spacial score (nSPS) is 48.7. The Bertz CT molecular complexity index is 1160. The number of hydrogen-bond acceptors (Lipinski definition) is 9. The number of fused-ring (bicyclic) bond motifs is 5. The second-order valence-electron chi connectivity index (χ2n) is 16.9. The predicted octanol–water partition coefficient (Wildman–Crippen LogP) is 3.28. The molecule has 1 aliphatic heterocycles. The molecule has 0 aromatic heterocycles. The molecule has 3 saturated carbocycles. The monoisotopic (exact) mass is 634 g/mol. The average molecular weight is 635 g/mol. The van der Waals surface area contributed by atoms with Gasteiger partial charge in [0.05, 0.1) is 24.4 Å². The molecule has 4 fully saturated rings. The van der Waals surface area contributed by atoms with Crippen molar-refractivity contribution in [3.63, 3.8) is 0 Å². The van der Waals surface area contributed by atoms with Crippen molar-refractivity contribution in [1.29, 1.82) is 0 Å². The van der Waals surface area contributed by atoms with Gasteiger partial charge in [-0.1, -0.05) is 58.4 Å². The Kier molecular flexibility index (Phi) is 9.42. The minimum atomic E-state index is -1.57. The van der Waals surface area contributed by atoms with Crippen molar-refractivity contribution >= 4 is 6.29 Å². The lowest BCUT2D eigenvalue weighted by molar-refractivity contribution is -0.320. The van der Waals surface area contributed by atoms with Gasteiger partial charge in [-0.05, 0) is 87.4 Å². The largest absolute Gasteiger partial charge is 0.394 e. The first-order valence-electron chi connectivity index (χ1n) is 17.1. The number of ether oxygens (including phenoxy) is 2. The lowest BCUT2D eigenvalue weighted by atomic mass is 9.39. The highest BCUT2D eigenvalue weighted by Gasteiger charge is 2.70. The molecule has 0 aromatic rings. The Labute approximate surface area is 268 Å². The zero-order chi connectivity index (χ0) is 33.3. The van der Waals surface area contributed by atoms with Crippen LogP contribution < -0.4 is 0 Å². The minimum Gasteiger partial charge on any atom is -0.394 e. The van der Waals surface area contributed by atoms with Crippen LogP contribution in [0.4, 0.5) is 0 Å². The standard InChI is InChI=1S/C36H58O9/c1-20(9-8-12-32(2,3)43)21-16-34(6)13-14-36(19-38)22-10-11-26(39)33(4,5)23(22)15-24(30(36)35(34,7)17-21)44-31-29(42)28(41)27(40)25(18-37)45-31/h8,12,15,19-22,24-31,37,39-43H,9-11,13-14,16-18H2,1-7H3/b12-8+/t20-,21-,22-,24+,25-,26+,27-,28+,29-,30+,31-,34-,35+,36-/m1/s1. The maximum Gasteiger partial charge on any atom is 0.187 e. The first-order chi connectivity index (χ1) is 20.8. The summed E-state index contributed by atoms with van der Waals surface area (Å²) >= 11 is 0. The van der Waals surface area contributed by atoms with Gasteiger partial charge in [-0.15, -0.1) is 0 Å². The molecular weight excluding hydrogens is 576 g/mol. The Morgan fingerprint density at radius 3 is 2.36 bits per heavy atom. The summed E-state index contributed by atoms with van der Waals surface area (Å²) in [6.07, 6.45) is 4.45. The van der Waals surface area contributed by atoms with Gasteiger partial charge in [-0.3, -0.25) is 0 Å². The SMILES string of the molecule is C[C@H](C/C=C/C(C)(C)O)[C@@H]1C[C@@]2(C)CC[C@@]3(C=O)[C@@H]4CC[C@H](O)C(C)(C)C4=C[C@H](O[C@@H]4O[C@H](CO)[C@@H](O)[C@H](O)[C@H]4O)[C@H]3[C@]2(C)C1. The van der Waals surface area contributed by atoms with Crippen molar-refractivity contribution < 1.29 is 44.9 Å². The van der Waals surface area contributed by atoms with Crippen LogP contribution in [0.3, 0.4) is 0 Å². The van der Waals surface area contributed by atoms with Gasteiger partial charge in [-0.2, -0.15) is 0 Å². The minimum absolute atomic E-state index is 0.0550. The third kappa shape index (κ3) is 5.71. The van der Waals surface area contributed by atoms with Crippen LogP contribution in [0.1, 0.15) is 93.4 Å². The summed E-state index contributed by atoms with van der Waals surface area (Å²) in [5, 5.41) is 63.2. The number of aliphatic hydroxyl groups excluding tert-OH is 5. The second-order valence-corrected chi connectivity index (χ2v) is 16.9. The Balaban J connectivity index is 1.57. The lowest BCUT2D eigenvalue weighted by Crippen LogP contribution is -2.65. The van der Waals surface area contributed by atoms with Crippen LogP contribution in [0.15, 0.2) is 23.8 Å². The summed E-state index contributed by atoms with van der Waals surface area (Å²) in [5.74, 6) is 0.423. The maximum absolute atomic E-state index is 13.7. The molecule has 0 amide bonds. The van der Waals surface area contributed by atoms with Crippen LogP contribution in [-0.4, -0.2) is 92.0 Å². The van der Waals surface area contributed by atoms with Crippen molar-refractivity contribution in [3.05, 3.63) is 23.8 Å². The molecule has 0 radical (unpaired) electrons.